The van der Waals surface area contributed by atoms with E-state index in [1.54, 1.807) is 36.4 Å². The predicted octanol–water partition coefficient (Wildman–Crippen LogP) is 2.03. The van der Waals surface area contributed by atoms with Crippen molar-refractivity contribution in [3.8, 4) is 0 Å². The van der Waals surface area contributed by atoms with Crippen molar-refractivity contribution in [2.45, 2.75) is 11.7 Å². The Morgan fingerprint density at radius 1 is 1.18 bits per heavy atom. The van der Waals surface area contributed by atoms with Gasteiger partial charge >= 0.3 is 0 Å². The average molecular weight is 398 g/mol. The summed E-state index contributed by atoms with van der Waals surface area (Å²) in [5.41, 5.74) is 0.0288. The van der Waals surface area contributed by atoms with Crippen molar-refractivity contribution in [2.75, 3.05) is 11.1 Å². The van der Waals surface area contributed by atoms with Crippen molar-refractivity contribution in [3.05, 3.63) is 76.6 Å². The second-order valence-corrected chi connectivity index (χ2v) is 6.73. The van der Waals surface area contributed by atoms with Gasteiger partial charge in [0.15, 0.2) is 5.16 Å². The van der Waals surface area contributed by atoms with Crippen LogP contribution in [0.5, 0.6) is 0 Å². The normalized spacial score (nSPS) is 10.5. The summed E-state index contributed by atoms with van der Waals surface area (Å²) in [4.78, 5) is 40.9. The van der Waals surface area contributed by atoms with Gasteiger partial charge in [-0.2, -0.15) is 0 Å². The van der Waals surface area contributed by atoms with Crippen LogP contribution in [0.3, 0.4) is 0 Å². The van der Waals surface area contributed by atoms with Crippen molar-refractivity contribution >= 4 is 29.3 Å². The van der Waals surface area contributed by atoms with Gasteiger partial charge in [-0.15, -0.1) is 0 Å². The van der Waals surface area contributed by atoms with Gasteiger partial charge in [-0.1, -0.05) is 30.0 Å². The van der Waals surface area contributed by atoms with E-state index in [0.29, 0.717) is 16.6 Å². The van der Waals surface area contributed by atoms with Gasteiger partial charge in [0, 0.05) is 18.9 Å². The van der Waals surface area contributed by atoms with Gasteiger partial charge in [0.25, 0.3) is 11.5 Å². The number of anilines is 1. The van der Waals surface area contributed by atoms with Gasteiger partial charge in [0.1, 0.15) is 11.3 Å². The third kappa shape index (κ3) is 4.89. The fourth-order valence-corrected chi connectivity index (χ4v) is 3.08. The van der Waals surface area contributed by atoms with E-state index in [2.05, 4.69) is 15.6 Å². The lowest BCUT2D eigenvalue weighted by atomic mass is 10.2. The second-order valence-electron chi connectivity index (χ2n) is 5.78. The van der Waals surface area contributed by atoms with E-state index in [1.807, 2.05) is 6.07 Å². The molecular weight excluding hydrogens is 380 g/mol. The summed E-state index contributed by atoms with van der Waals surface area (Å²) in [7, 11) is 1.51. The molecule has 144 valence electrons. The van der Waals surface area contributed by atoms with Gasteiger partial charge in [-0.3, -0.25) is 19.0 Å². The number of hydrogen-bond acceptors (Lipinski definition) is 6. The minimum atomic E-state index is -0.535. The predicted molar refractivity (Wildman–Crippen MR) is 105 cm³/mol. The quantitative estimate of drug-likeness (QED) is 0.466. The van der Waals surface area contributed by atoms with Crippen molar-refractivity contribution in [1.29, 1.82) is 0 Å². The van der Waals surface area contributed by atoms with Crippen LogP contribution >= 0.6 is 11.8 Å². The largest absolute Gasteiger partial charge is 0.467 e. The first kappa shape index (κ1) is 19.4. The maximum Gasteiger partial charge on any atom is 0.266 e. The summed E-state index contributed by atoms with van der Waals surface area (Å²) in [5.74, 6) is -0.0254. The van der Waals surface area contributed by atoms with Crippen molar-refractivity contribution in [1.82, 2.24) is 14.9 Å². The molecule has 9 heteroatoms. The molecule has 0 aliphatic rings. The van der Waals surface area contributed by atoms with Crippen LogP contribution in [0.1, 0.15) is 16.1 Å². The van der Waals surface area contributed by atoms with E-state index >= 15 is 0 Å². The highest BCUT2D eigenvalue weighted by Gasteiger charge is 2.16. The zero-order valence-electron chi connectivity index (χ0n) is 15.0. The lowest BCUT2D eigenvalue weighted by Crippen LogP contribution is -2.30. The SMILES string of the molecule is Cn1c(SCC(=O)NCc2ccco2)ncc(C(=O)Nc2ccccc2)c1=O. The molecule has 0 bridgehead atoms. The third-order valence-corrected chi connectivity index (χ3v) is 4.82. The van der Waals surface area contributed by atoms with Crippen molar-refractivity contribution < 1.29 is 14.0 Å². The van der Waals surface area contributed by atoms with Crippen LogP contribution in [0.25, 0.3) is 0 Å². The van der Waals surface area contributed by atoms with E-state index < -0.39 is 11.5 Å². The van der Waals surface area contributed by atoms with E-state index in [9.17, 15) is 14.4 Å². The van der Waals surface area contributed by atoms with Crippen molar-refractivity contribution in [2.24, 2.45) is 7.05 Å². The molecule has 0 aliphatic carbocycles. The molecule has 3 aromatic rings. The molecular formula is C19H18N4O4S. The Balaban J connectivity index is 1.60. The summed E-state index contributed by atoms with van der Waals surface area (Å²) in [6.45, 7) is 0.289. The number of rotatable bonds is 7. The smallest absolute Gasteiger partial charge is 0.266 e. The molecule has 0 saturated carbocycles. The van der Waals surface area contributed by atoms with Crippen LogP contribution < -0.4 is 16.2 Å². The average Bonchev–Trinajstić information content (AvgIpc) is 3.22. The molecule has 28 heavy (non-hydrogen) atoms. The molecule has 8 nitrogen and oxygen atoms in total. The molecule has 1 aromatic carbocycles. The lowest BCUT2D eigenvalue weighted by molar-refractivity contribution is -0.118. The maximum absolute atomic E-state index is 12.5. The number of benzene rings is 1. The van der Waals surface area contributed by atoms with Gasteiger partial charge in [0.05, 0.1) is 18.6 Å². The summed E-state index contributed by atoms with van der Waals surface area (Å²) in [6, 6.07) is 12.3. The van der Waals surface area contributed by atoms with Crippen LogP contribution in [-0.2, 0) is 18.4 Å². The number of carbonyl (C=O) groups is 2. The van der Waals surface area contributed by atoms with Crippen LogP contribution in [0, 0.1) is 0 Å². The lowest BCUT2D eigenvalue weighted by Gasteiger charge is -2.09. The first-order chi connectivity index (χ1) is 13.5. The number of carbonyl (C=O) groups excluding carboxylic acids is 2. The van der Waals surface area contributed by atoms with Crippen LogP contribution in [-0.4, -0.2) is 27.1 Å². The molecule has 0 aliphatic heterocycles. The zero-order valence-corrected chi connectivity index (χ0v) is 15.9. The Morgan fingerprint density at radius 2 is 1.96 bits per heavy atom. The molecule has 0 unspecified atom stereocenters. The summed E-state index contributed by atoms with van der Waals surface area (Å²) in [6.07, 6.45) is 2.76. The zero-order chi connectivity index (χ0) is 19.9. The van der Waals surface area contributed by atoms with E-state index in [0.717, 1.165) is 11.8 Å². The molecule has 2 aromatic heterocycles. The number of para-hydroxylation sites is 1. The number of hydrogen-bond donors (Lipinski definition) is 2. The Morgan fingerprint density at radius 3 is 2.68 bits per heavy atom. The maximum atomic E-state index is 12.5. The highest BCUT2D eigenvalue weighted by atomic mass is 32.2. The Labute approximate surface area is 165 Å². The van der Waals surface area contributed by atoms with E-state index in [-0.39, 0.29) is 23.8 Å². The molecule has 0 atom stereocenters. The van der Waals surface area contributed by atoms with Crippen molar-refractivity contribution in [3.63, 3.8) is 0 Å². The first-order valence-corrected chi connectivity index (χ1v) is 9.37. The highest BCUT2D eigenvalue weighted by molar-refractivity contribution is 7.99. The van der Waals surface area contributed by atoms with Crippen LogP contribution in [0.4, 0.5) is 5.69 Å². The molecule has 2 heterocycles. The number of furan rings is 1. The highest BCUT2D eigenvalue weighted by Crippen LogP contribution is 2.13. The molecule has 0 fully saturated rings. The first-order valence-electron chi connectivity index (χ1n) is 8.39. The van der Waals surface area contributed by atoms with Crippen LogP contribution in [0.2, 0.25) is 0 Å². The molecule has 0 spiro atoms. The molecule has 3 rings (SSSR count). The van der Waals surface area contributed by atoms with Gasteiger partial charge in [0.2, 0.25) is 5.91 Å². The Bertz CT molecular complexity index is 1020. The molecule has 0 saturated heterocycles. The topological polar surface area (TPSA) is 106 Å². The van der Waals surface area contributed by atoms with Crippen LogP contribution in [0.15, 0.2) is 69.3 Å². The minimum Gasteiger partial charge on any atom is -0.467 e. The number of nitrogens with zero attached hydrogens (tertiary/aromatic N) is 2. The monoisotopic (exact) mass is 398 g/mol. The number of amides is 2. The Hall–Kier alpha value is -3.33. The van der Waals surface area contributed by atoms with Gasteiger partial charge in [-0.05, 0) is 24.3 Å². The molecule has 2 amide bonds. The fraction of sp³-hybridized carbons (Fsp3) is 0.158. The third-order valence-electron chi connectivity index (χ3n) is 3.77. The summed E-state index contributed by atoms with van der Waals surface area (Å²) in [5, 5.41) is 5.71. The number of aromatic nitrogens is 2. The Kier molecular flexibility index (Phi) is 6.28. The summed E-state index contributed by atoms with van der Waals surface area (Å²) < 4.78 is 6.40. The standard InChI is InChI=1S/C19H18N4O4S/c1-23-18(26)15(17(25)22-13-6-3-2-4-7-13)11-21-19(23)28-12-16(24)20-10-14-8-5-9-27-14/h2-9,11H,10,12H2,1H3,(H,20,24)(H,22,25). The van der Waals surface area contributed by atoms with E-state index in [4.69, 9.17) is 4.42 Å². The number of nitrogens with one attached hydrogen (secondary N) is 2. The molecule has 2 N–H and O–H groups in total. The summed E-state index contributed by atoms with van der Waals surface area (Å²) >= 11 is 1.11. The molecule has 0 radical (unpaired) electrons. The minimum absolute atomic E-state index is 0.0713. The number of thioether (sulfide) groups is 1. The van der Waals surface area contributed by atoms with E-state index in [1.165, 1.54) is 24.1 Å². The second kappa shape index (κ2) is 9.05. The fourth-order valence-electron chi connectivity index (χ4n) is 2.32. The van der Waals surface area contributed by atoms with Gasteiger partial charge < -0.3 is 15.1 Å². The van der Waals surface area contributed by atoms with Gasteiger partial charge in [-0.25, -0.2) is 4.98 Å².